The topological polar surface area (TPSA) is 8.17 Å². The van der Waals surface area contributed by atoms with Crippen molar-refractivity contribution in [1.82, 2.24) is 4.57 Å². The molecule has 10 rings (SSSR count). The lowest BCUT2D eigenvalue weighted by molar-refractivity contribution is 0.660. The third-order valence-corrected chi connectivity index (χ3v) is 12.5. The van der Waals surface area contributed by atoms with Gasteiger partial charge in [-0.05, 0) is 142 Å². The van der Waals surface area contributed by atoms with E-state index in [1.54, 1.807) is 0 Å². The second kappa shape index (κ2) is 15.3. The van der Waals surface area contributed by atoms with E-state index in [-0.39, 0.29) is 5.41 Å². The number of hydrogen-bond acceptors (Lipinski definition) is 1. The van der Waals surface area contributed by atoms with E-state index in [0.29, 0.717) is 0 Å². The smallest absolute Gasteiger partial charge is 0.0541 e. The van der Waals surface area contributed by atoms with Crippen molar-refractivity contribution >= 4 is 44.4 Å². The van der Waals surface area contributed by atoms with Gasteiger partial charge in [-0.1, -0.05) is 160 Å². The highest BCUT2D eigenvalue weighted by atomic mass is 15.1. The molecular formula is C59H48N2. The quantitative estimate of drug-likeness (QED) is 0.132. The second-order valence-corrected chi connectivity index (χ2v) is 16.7. The van der Waals surface area contributed by atoms with Gasteiger partial charge in [-0.15, -0.1) is 0 Å². The van der Waals surface area contributed by atoms with E-state index in [2.05, 4.69) is 237 Å². The molecule has 9 aromatic rings. The molecule has 1 aliphatic carbocycles. The van der Waals surface area contributed by atoms with Crippen LogP contribution in [0, 0.1) is 6.92 Å². The number of benzene rings is 8. The van der Waals surface area contributed by atoms with Gasteiger partial charge in [-0.3, -0.25) is 0 Å². The second-order valence-electron chi connectivity index (χ2n) is 16.7. The first-order chi connectivity index (χ1) is 29.8. The number of aryl methyl sites for hydroxylation is 1. The van der Waals surface area contributed by atoms with Crippen molar-refractivity contribution in [2.45, 2.75) is 33.1 Å². The van der Waals surface area contributed by atoms with Crippen molar-refractivity contribution < 1.29 is 0 Å². The maximum absolute atomic E-state index is 3.91. The number of anilines is 3. The van der Waals surface area contributed by atoms with Gasteiger partial charge in [0.05, 0.1) is 11.0 Å². The minimum Gasteiger partial charge on any atom is -0.310 e. The zero-order chi connectivity index (χ0) is 41.7. The summed E-state index contributed by atoms with van der Waals surface area (Å²) in [4.78, 5) is 2.40. The summed E-state index contributed by atoms with van der Waals surface area (Å²) in [6, 6.07) is 67.2. The molecule has 0 atom stereocenters. The molecule has 2 heteroatoms. The van der Waals surface area contributed by atoms with Gasteiger partial charge in [-0.2, -0.15) is 0 Å². The average molecular weight is 785 g/mol. The molecule has 2 nitrogen and oxygen atoms in total. The first kappa shape index (κ1) is 37.8. The average Bonchev–Trinajstić information content (AvgIpc) is 3.74. The highest BCUT2D eigenvalue weighted by molar-refractivity contribution is 6.10. The predicted molar refractivity (Wildman–Crippen MR) is 262 cm³/mol. The van der Waals surface area contributed by atoms with E-state index < -0.39 is 0 Å². The van der Waals surface area contributed by atoms with Crippen LogP contribution in [0.5, 0.6) is 0 Å². The van der Waals surface area contributed by atoms with Crippen molar-refractivity contribution in [1.29, 1.82) is 0 Å². The van der Waals surface area contributed by atoms with Crippen LogP contribution in [-0.2, 0) is 5.41 Å². The minimum atomic E-state index is -0.109. The van der Waals surface area contributed by atoms with E-state index in [4.69, 9.17) is 0 Å². The maximum Gasteiger partial charge on any atom is 0.0541 e. The van der Waals surface area contributed by atoms with Gasteiger partial charge in [0, 0.05) is 38.9 Å². The van der Waals surface area contributed by atoms with E-state index in [1.165, 1.54) is 83.1 Å². The summed E-state index contributed by atoms with van der Waals surface area (Å²) in [5.41, 5.74) is 20.5. The molecular weight excluding hydrogens is 737 g/mol. The van der Waals surface area contributed by atoms with Crippen LogP contribution < -0.4 is 4.90 Å². The molecule has 1 aliphatic rings. The zero-order valence-corrected chi connectivity index (χ0v) is 35.2. The molecule has 0 bridgehead atoms. The molecule has 8 aromatic carbocycles. The van der Waals surface area contributed by atoms with Gasteiger partial charge in [0.2, 0.25) is 0 Å². The largest absolute Gasteiger partial charge is 0.310 e. The highest BCUT2D eigenvalue weighted by Crippen LogP contribution is 2.51. The van der Waals surface area contributed by atoms with Gasteiger partial charge < -0.3 is 9.47 Å². The lowest BCUT2D eigenvalue weighted by Gasteiger charge is -2.28. The Morgan fingerprint density at radius 1 is 0.541 bits per heavy atom. The third-order valence-electron chi connectivity index (χ3n) is 12.5. The number of rotatable bonds is 9. The van der Waals surface area contributed by atoms with Gasteiger partial charge in [0.25, 0.3) is 0 Å². The number of aromatic nitrogens is 1. The summed E-state index contributed by atoms with van der Waals surface area (Å²) >= 11 is 0. The molecule has 0 aliphatic heterocycles. The van der Waals surface area contributed by atoms with Gasteiger partial charge in [-0.25, -0.2) is 0 Å². The minimum absolute atomic E-state index is 0.109. The van der Waals surface area contributed by atoms with Crippen LogP contribution in [0.3, 0.4) is 0 Å². The zero-order valence-electron chi connectivity index (χ0n) is 35.2. The summed E-state index contributed by atoms with van der Waals surface area (Å²) < 4.78 is 2.39. The Morgan fingerprint density at radius 2 is 1.15 bits per heavy atom. The molecule has 0 unspecified atom stereocenters. The molecule has 1 aromatic heterocycles. The highest BCUT2D eigenvalue weighted by Gasteiger charge is 2.35. The fourth-order valence-corrected chi connectivity index (χ4v) is 9.49. The molecule has 0 N–H and O–H groups in total. The van der Waals surface area contributed by atoms with Gasteiger partial charge in [0.1, 0.15) is 0 Å². The summed E-state index contributed by atoms with van der Waals surface area (Å²) in [5, 5.41) is 2.51. The summed E-state index contributed by atoms with van der Waals surface area (Å²) in [6.45, 7) is 12.8. The SMILES string of the molecule is C=C/C=C(\C=C/C)c1ccc(-c2ccc(N(c3ccc(-c4ccc5c(c4)c4ccccc4n5-c4cccc(C)c4)cc3)c3ccc4c(c3)C(C)(C)c3ccccc3-4)cc2)cc1. The van der Waals surface area contributed by atoms with E-state index >= 15 is 0 Å². The monoisotopic (exact) mass is 784 g/mol. The number of para-hydroxylation sites is 1. The first-order valence-corrected chi connectivity index (χ1v) is 21.2. The van der Waals surface area contributed by atoms with Crippen LogP contribution in [0.2, 0.25) is 0 Å². The Balaban J connectivity index is 1.04. The van der Waals surface area contributed by atoms with Crippen LogP contribution in [0.1, 0.15) is 43.0 Å². The van der Waals surface area contributed by atoms with Gasteiger partial charge >= 0.3 is 0 Å². The Bertz CT molecular complexity index is 3170. The molecule has 294 valence electrons. The summed E-state index contributed by atoms with van der Waals surface area (Å²) in [6.07, 6.45) is 8.08. The molecule has 0 saturated heterocycles. The van der Waals surface area contributed by atoms with Crippen LogP contribution in [0.15, 0.2) is 213 Å². The molecule has 0 saturated carbocycles. The van der Waals surface area contributed by atoms with E-state index in [9.17, 15) is 0 Å². The van der Waals surface area contributed by atoms with Crippen molar-refractivity contribution in [3.63, 3.8) is 0 Å². The van der Waals surface area contributed by atoms with Crippen molar-refractivity contribution in [3.05, 3.63) is 235 Å². The molecule has 0 fully saturated rings. The van der Waals surface area contributed by atoms with E-state index in [1.807, 2.05) is 13.0 Å². The number of nitrogens with zero attached hydrogens (tertiary/aromatic N) is 2. The Labute approximate surface area is 359 Å². The fraction of sp³-hybridized carbons (Fsp3) is 0.0847. The van der Waals surface area contributed by atoms with Gasteiger partial charge in [0.15, 0.2) is 0 Å². The Kier molecular flexibility index (Phi) is 9.49. The maximum atomic E-state index is 3.91. The van der Waals surface area contributed by atoms with Crippen LogP contribution in [-0.4, -0.2) is 4.57 Å². The molecule has 1 heterocycles. The van der Waals surface area contributed by atoms with Crippen LogP contribution in [0.25, 0.3) is 66.4 Å². The molecule has 0 amide bonds. The number of fused-ring (bicyclic) bond motifs is 6. The lowest BCUT2D eigenvalue weighted by Crippen LogP contribution is -2.16. The molecule has 61 heavy (non-hydrogen) atoms. The van der Waals surface area contributed by atoms with Crippen molar-refractivity contribution in [3.8, 4) is 39.1 Å². The Morgan fingerprint density at radius 3 is 1.85 bits per heavy atom. The third kappa shape index (κ3) is 6.62. The molecule has 0 radical (unpaired) electrons. The predicted octanol–water partition coefficient (Wildman–Crippen LogP) is 16.3. The lowest BCUT2D eigenvalue weighted by atomic mass is 9.82. The number of allylic oxidation sites excluding steroid dienone is 5. The Hall–Kier alpha value is -7.42. The van der Waals surface area contributed by atoms with E-state index in [0.717, 1.165) is 22.6 Å². The summed E-state index contributed by atoms with van der Waals surface area (Å²) in [7, 11) is 0. The number of hydrogen-bond donors (Lipinski definition) is 0. The van der Waals surface area contributed by atoms with Crippen LogP contribution in [0.4, 0.5) is 17.1 Å². The summed E-state index contributed by atoms with van der Waals surface area (Å²) in [5.74, 6) is 0. The van der Waals surface area contributed by atoms with Crippen molar-refractivity contribution in [2.24, 2.45) is 0 Å². The van der Waals surface area contributed by atoms with Crippen LogP contribution >= 0.6 is 0 Å². The molecule has 0 spiro atoms. The standard InChI is InChI=1S/C59H48N2/c1-6-13-41(14-7-2)42-21-23-43(24-22-42)44-25-30-47(31-26-44)60(50-34-35-52-51-17-8-10-19-55(51)59(4,5)56(52)39-50)48-32-27-45(28-33-48)46-29-36-58-54(38-46)53-18-9-11-20-57(53)61(58)49-16-12-15-40(3)37-49/h6-39H,1H2,2-5H3/b14-7-,41-13+. The fourth-order valence-electron chi connectivity index (χ4n) is 9.49. The van der Waals surface area contributed by atoms with Crippen molar-refractivity contribution in [2.75, 3.05) is 4.90 Å². The first-order valence-electron chi connectivity index (χ1n) is 21.2. The normalized spacial score (nSPS) is 13.1.